The molecule has 8 heteroatoms. The first-order valence-electron chi connectivity index (χ1n) is 9.57. The fourth-order valence-electron chi connectivity index (χ4n) is 3.22. The van der Waals surface area contributed by atoms with Crippen LogP contribution in [0.25, 0.3) is 0 Å². The topological polar surface area (TPSA) is 70.9 Å². The van der Waals surface area contributed by atoms with Crippen molar-refractivity contribution in [3.05, 3.63) is 29.3 Å². The van der Waals surface area contributed by atoms with Crippen LogP contribution in [0.5, 0.6) is 0 Å². The summed E-state index contributed by atoms with van der Waals surface area (Å²) in [5, 5.41) is 3.29. The summed E-state index contributed by atoms with van der Waals surface area (Å²) in [6.07, 6.45) is 2.06. The lowest BCUT2D eigenvalue weighted by Gasteiger charge is -2.31. The first-order valence-corrected chi connectivity index (χ1v) is 11.4. The third-order valence-corrected chi connectivity index (χ3v) is 7.28. The summed E-state index contributed by atoms with van der Waals surface area (Å²) in [5.74, 6) is 0.659. The van der Waals surface area contributed by atoms with E-state index in [1.54, 1.807) is 18.2 Å². The molecule has 0 bridgehead atoms. The summed E-state index contributed by atoms with van der Waals surface area (Å²) in [6, 6.07) is 6.67. The second kappa shape index (κ2) is 9.87. The fraction of sp³-hybridized carbons (Fsp3) is 0.632. The van der Waals surface area contributed by atoms with Gasteiger partial charge in [-0.05, 0) is 37.8 Å². The molecule has 1 aromatic carbocycles. The number of sulfonamides is 1. The molecule has 2 N–H and O–H groups in total. The summed E-state index contributed by atoms with van der Waals surface area (Å²) in [7, 11) is -3.59. The van der Waals surface area contributed by atoms with Gasteiger partial charge in [-0.15, -0.1) is 0 Å². The van der Waals surface area contributed by atoms with E-state index in [0.717, 1.165) is 17.7 Å². The number of carbonyl (C=O) groups is 1. The summed E-state index contributed by atoms with van der Waals surface area (Å²) >= 11 is 6.06. The minimum absolute atomic E-state index is 0.0312. The molecule has 1 aliphatic heterocycles. The highest BCUT2D eigenvalue weighted by Gasteiger charge is 2.32. The van der Waals surface area contributed by atoms with Gasteiger partial charge in [0.2, 0.25) is 10.0 Å². The van der Waals surface area contributed by atoms with Crippen molar-refractivity contribution in [2.75, 3.05) is 32.7 Å². The SMILES string of the molecule is CC(C)CC[C@@H](C)NC(=O)C[NH+]1CCN(S(=O)(=O)c2ccccc2Cl)CC1. The number of hydrogen-bond donors (Lipinski definition) is 2. The van der Waals surface area contributed by atoms with Gasteiger partial charge < -0.3 is 10.2 Å². The molecule has 1 aromatic rings. The van der Waals surface area contributed by atoms with Gasteiger partial charge in [0.15, 0.2) is 6.54 Å². The molecule has 27 heavy (non-hydrogen) atoms. The molecule has 1 saturated heterocycles. The number of benzene rings is 1. The fourth-order valence-corrected chi connectivity index (χ4v) is 5.16. The van der Waals surface area contributed by atoms with Crippen LogP contribution in [0.15, 0.2) is 29.2 Å². The monoisotopic (exact) mass is 416 g/mol. The maximum Gasteiger partial charge on any atom is 0.275 e. The van der Waals surface area contributed by atoms with Crippen molar-refractivity contribution in [3.8, 4) is 0 Å². The van der Waals surface area contributed by atoms with E-state index in [4.69, 9.17) is 11.6 Å². The van der Waals surface area contributed by atoms with Crippen molar-refractivity contribution in [1.29, 1.82) is 0 Å². The summed E-state index contributed by atoms with van der Waals surface area (Å²) in [6.45, 7) is 8.76. The zero-order chi connectivity index (χ0) is 20.0. The van der Waals surface area contributed by atoms with Crippen molar-refractivity contribution < 1.29 is 18.1 Å². The number of hydrogen-bond acceptors (Lipinski definition) is 3. The van der Waals surface area contributed by atoms with E-state index < -0.39 is 10.0 Å². The van der Waals surface area contributed by atoms with Gasteiger partial charge in [0.05, 0.1) is 31.2 Å². The molecular formula is C19H31ClN3O3S+. The number of rotatable bonds is 8. The summed E-state index contributed by atoms with van der Waals surface area (Å²) in [4.78, 5) is 13.5. The maximum atomic E-state index is 12.8. The van der Waals surface area contributed by atoms with Crippen LogP contribution in [0.2, 0.25) is 5.02 Å². The van der Waals surface area contributed by atoms with Crippen LogP contribution >= 0.6 is 11.6 Å². The third kappa shape index (κ3) is 6.45. The smallest absolute Gasteiger partial charge is 0.275 e. The van der Waals surface area contributed by atoms with Gasteiger partial charge in [0.1, 0.15) is 4.90 Å². The van der Waals surface area contributed by atoms with Gasteiger partial charge >= 0.3 is 0 Å². The molecule has 1 atom stereocenters. The van der Waals surface area contributed by atoms with Gasteiger partial charge in [-0.25, -0.2) is 8.42 Å². The normalized spacial score (nSPS) is 17.8. The van der Waals surface area contributed by atoms with E-state index in [9.17, 15) is 13.2 Å². The van der Waals surface area contributed by atoms with E-state index in [1.807, 2.05) is 6.92 Å². The number of amides is 1. The largest absolute Gasteiger partial charge is 0.349 e. The van der Waals surface area contributed by atoms with Crippen LogP contribution in [0, 0.1) is 5.92 Å². The Hall–Kier alpha value is -1.15. The van der Waals surface area contributed by atoms with Crippen LogP contribution in [0.3, 0.4) is 0 Å². The summed E-state index contributed by atoms with van der Waals surface area (Å²) < 4.78 is 27.0. The number of piperazine rings is 1. The van der Waals surface area contributed by atoms with Gasteiger partial charge in [0.25, 0.3) is 5.91 Å². The van der Waals surface area contributed by atoms with Gasteiger partial charge in [0, 0.05) is 6.04 Å². The molecule has 2 rings (SSSR count). The second-order valence-electron chi connectivity index (χ2n) is 7.70. The van der Waals surface area contributed by atoms with E-state index >= 15 is 0 Å². The molecule has 0 aromatic heterocycles. The number of nitrogens with zero attached hydrogens (tertiary/aromatic N) is 1. The second-order valence-corrected chi connectivity index (χ2v) is 10.0. The Kier molecular flexibility index (Phi) is 8.09. The molecular weight excluding hydrogens is 386 g/mol. The standard InChI is InChI=1S/C19H30ClN3O3S/c1-15(2)8-9-16(3)21-19(24)14-22-10-12-23(13-11-22)27(25,26)18-7-5-4-6-17(18)20/h4-7,15-16H,8-14H2,1-3H3,(H,21,24)/p+1/t16-/m1/s1. The molecule has 0 radical (unpaired) electrons. The molecule has 1 amide bonds. The molecule has 1 heterocycles. The predicted molar refractivity (Wildman–Crippen MR) is 107 cm³/mol. The lowest BCUT2D eigenvalue weighted by atomic mass is 10.0. The highest BCUT2D eigenvalue weighted by Crippen LogP contribution is 2.23. The van der Waals surface area contributed by atoms with E-state index in [1.165, 1.54) is 10.4 Å². The van der Waals surface area contributed by atoms with Gasteiger partial charge in [-0.2, -0.15) is 4.31 Å². The Labute approximate surface area is 167 Å². The van der Waals surface area contributed by atoms with Crippen molar-refractivity contribution in [2.45, 2.75) is 44.6 Å². The Morgan fingerprint density at radius 1 is 1.19 bits per heavy atom. The molecule has 0 aliphatic carbocycles. The predicted octanol–water partition coefficient (Wildman–Crippen LogP) is 1.17. The first kappa shape index (κ1) is 22.1. The van der Waals surface area contributed by atoms with Crippen LogP contribution in [0.1, 0.15) is 33.6 Å². The average Bonchev–Trinajstić information content (AvgIpc) is 2.60. The van der Waals surface area contributed by atoms with Crippen LogP contribution in [-0.2, 0) is 14.8 Å². The lowest BCUT2D eigenvalue weighted by molar-refractivity contribution is -0.895. The van der Waals surface area contributed by atoms with E-state index in [0.29, 0.717) is 38.6 Å². The van der Waals surface area contributed by atoms with Gasteiger partial charge in [-0.1, -0.05) is 37.6 Å². The van der Waals surface area contributed by atoms with Crippen molar-refractivity contribution >= 4 is 27.5 Å². The molecule has 0 unspecified atom stereocenters. The molecule has 1 aliphatic rings. The van der Waals surface area contributed by atoms with Crippen molar-refractivity contribution in [1.82, 2.24) is 9.62 Å². The Bertz CT molecular complexity index is 731. The number of quaternary nitrogens is 1. The zero-order valence-electron chi connectivity index (χ0n) is 16.4. The molecule has 0 saturated carbocycles. The van der Waals surface area contributed by atoms with Crippen molar-refractivity contribution in [3.63, 3.8) is 0 Å². The highest BCUT2D eigenvalue weighted by atomic mass is 35.5. The first-order chi connectivity index (χ1) is 12.7. The maximum absolute atomic E-state index is 12.8. The Balaban J connectivity index is 1.83. The van der Waals surface area contributed by atoms with Crippen LogP contribution in [0.4, 0.5) is 0 Å². The zero-order valence-corrected chi connectivity index (χ0v) is 17.9. The third-order valence-electron chi connectivity index (χ3n) is 4.88. The minimum Gasteiger partial charge on any atom is -0.349 e. The van der Waals surface area contributed by atoms with E-state index in [-0.39, 0.29) is 21.9 Å². The molecule has 152 valence electrons. The quantitative estimate of drug-likeness (QED) is 0.668. The van der Waals surface area contributed by atoms with Crippen LogP contribution in [-0.4, -0.2) is 57.4 Å². The number of halogens is 1. The molecule has 6 nitrogen and oxygen atoms in total. The number of carbonyl (C=O) groups excluding carboxylic acids is 1. The minimum atomic E-state index is -3.59. The molecule has 1 fully saturated rings. The summed E-state index contributed by atoms with van der Waals surface area (Å²) in [5.41, 5.74) is 0. The van der Waals surface area contributed by atoms with Gasteiger partial charge in [-0.3, -0.25) is 4.79 Å². The highest BCUT2D eigenvalue weighted by molar-refractivity contribution is 7.89. The Morgan fingerprint density at radius 3 is 2.41 bits per heavy atom. The average molecular weight is 417 g/mol. The van der Waals surface area contributed by atoms with Crippen molar-refractivity contribution in [2.24, 2.45) is 5.92 Å². The van der Waals surface area contributed by atoms with E-state index in [2.05, 4.69) is 19.2 Å². The Morgan fingerprint density at radius 2 is 1.81 bits per heavy atom. The number of nitrogens with one attached hydrogen (secondary N) is 2. The lowest BCUT2D eigenvalue weighted by Crippen LogP contribution is -3.15. The van der Waals surface area contributed by atoms with Crippen LogP contribution < -0.4 is 10.2 Å². The molecule has 0 spiro atoms.